The molecule has 0 radical (unpaired) electrons. The standard InChI is InChI=1S/C17H18O4/c1-20-16-11-15(9-7-14(16)8-10-17(18)19)21-12-13-5-3-2-4-6-13/h2-7,9,11H,8,10,12H2,1H3,(H,18,19). The fourth-order valence-electron chi connectivity index (χ4n) is 2.00. The van der Waals surface area contributed by atoms with E-state index in [1.165, 1.54) is 0 Å². The fraction of sp³-hybridized carbons (Fsp3) is 0.235. The molecule has 1 N–H and O–H groups in total. The van der Waals surface area contributed by atoms with Crippen LogP contribution in [0.4, 0.5) is 0 Å². The molecule has 21 heavy (non-hydrogen) atoms. The van der Waals surface area contributed by atoms with Crippen molar-refractivity contribution in [2.24, 2.45) is 0 Å². The minimum atomic E-state index is -0.818. The number of benzene rings is 2. The van der Waals surface area contributed by atoms with E-state index < -0.39 is 5.97 Å². The van der Waals surface area contributed by atoms with Crippen LogP contribution in [-0.4, -0.2) is 18.2 Å². The first-order valence-corrected chi connectivity index (χ1v) is 6.74. The minimum Gasteiger partial charge on any atom is -0.496 e. The molecule has 0 aliphatic carbocycles. The van der Waals surface area contributed by atoms with Gasteiger partial charge in [-0.25, -0.2) is 0 Å². The maximum Gasteiger partial charge on any atom is 0.303 e. The topological polar surface area (TPSA) is 55.8 Å². The van der Waals surface area contributed by atoms with Crippen molar-refractivity contribution in [1.82, 2.24) is 0 Å². The number of aliphatic carboxylic acids is 1. The molecular formula is C17H18O4. The number of carbonyl (C=O) groups is 1. The second kappa shape index (κ2) is 7.33. The molecule has 0 aliphatic rings. The van der Waals surface area contributed by atoms with Crippen molar-refractivity contribution in [3.8, 4) is 11.5 Å². The van der Waals surface area contributed by atoms with Gasteiger partial charge < -0.3 is 14.6 Å². The molecule has 0 aromatic heterocycles. The second-order valence-corrected chi connectivity index (χ2v) is 4.64. The van der Waals surface area contributed by atoms with E-state index in [2.05, 4.69) is 0 Å². The van der Waals surface area contributed by atoms with Crippen LogP contribution in [-0.2, 0) is 17.8 Å². The monoisotopic (exact) mass is 286 g/mol. The molecule has 4 heteroatoms. The van der Waals surface area contributed by atoms with Gasteiger partial charge in [0.25, 0.3) is 0 Å². The van der Waals surface area contributed by atoms with E-state index in [0.717, 1.165) is 11.1 Å². The first-order chi connectivity index (χ1) is 10.2. The van der Waals surface area contributed by atoms with E-state index in [4.69, 9.17) is 14.6 Å². The molecule has 0 spiro atoms. The lowest BCUT2D eigenvalue weighted by Crippen LogP contribution is -2.00. The van der Waals surface area contributed by atoms with Crippen molar-refractivity contribution in [2.75, 3.05) is 7.11 Å². The first-order valence-electron chi connectivity index (χ1n) is 6.74. The van der Waals surface area contributed by atoms with Gasteiger partial charge in [-0.15, -0.1) is 0 Å². The SMILES string of the molecule is COc1cc(OCc2ccccc2)ccc1CCC(=O)O. The molecule has 2 rings (SSSR count). The Kier molecular flexibility index (Phi) is 5.21. The Labute approximate surface area is 123 Å². The van der Waals surface area contributed by atoms with Crippen molar-refractivity contribution in [1.29, 1.82) is 0 Å². The molecule has 2 aromatic carbocycles. The third kappa shape index (κ3) is 4.53. The highest BCUT2D eigenvalue weighted by Gasteiger charge is 2.07. The van der Waals surface area contributed by atoms with Gasteiger partial charge in [-0.3, -0.25) is 4.79 Å². The summed E-state index contributed by atoms with van der Waals surface area (Å²) in [5.41, 5.74) is 1.96. The Bertz CT molecular complexity index is 593. The normalized spacial score (nSPS) is 10.1. The van der Waals surface area contributed by atoms with Crippen molar-refractivity contribution in [3.05, 3.63) is 59.7 Å². The van der Waals surface area contributed by atoms with Crippen LogP contribution in [0.5, 0.6) is 11.5 Å². The lowest BCUT2D eigenvalue weighted by molar-refractivity contribution is -0.136. The predicted molar refractivity (Wildman–Crippen MR) is 79.7 cm³/mol. The van der Waals surface area contributed by atoms with Gasteiger partial charge in [-0.1, -0.05) is 36.4 Å². The van der Waals surface area contributed by atoms with Crippen molar-refractivity contribution in [3.63, 3.8) is 0 Å². The molecule has 0 amide bonds. The van der Waals surface area contributed by atoms with Crippen LogP contribution in [0.1, 0.15) is 17.5 Å². The molecule has 0 saturated carbocycles. The number of hydrogen-bond donors (Lipinski definition) is 1. The van der Waals surface area contributed by atoms with Crippen LogP contribution >= 0.6 is 0 Å². The molecule has 0 saturated heterocycles. The van der Waals surface area contributed by atoms with E-state index in [1.54, 1.807) is 13.2 Å². The van der Waals surface area contributed by atoms with Crippen molar-refractivity contribution in [2.45, 2.75) is 19.4 Å². The zero-order valence-electron chi connectivity index (χ0n) is 11.9. The van der Waals surface area contributed by atoms with Crippen LogP contribution in [0.2, 0.25) is 0 Å². The summed E-state index contributed by atoms with van der Waals surface area (Å²) < 4.78 is 11.0. The third-order valence-electron chi connectivity index (χ3n) is 3.12. The number of hydrogen-bond acceptors (Lipinski definition) is 3. The molecule has 2 aromatic rings. The fourth-order valence-corrected chi connectivity index (χ4v) is 2.00. The van der Waals surface area contributed by atoms with E-state index in [1.807, 2.05) is 42.5 Å². The maximum absolute atomic E-state index is 10.6. The summed E-state index contributed by atoms with van der Waals surface area (Å²) >= 11 is 0. The summed E-state index contributed by atoms with van der Waals surface area (Å²) in [5, 5.41) is 8.74. The second-order valence-electron chi connectivity index (χ2n) is 4.64. The van der Waals surface area contributed by atoms with Crippen LogP contribution < -0.4 is 9.47 Å². The average Bonchev–Trinajstić information content (AvgIpc) is 2.52. The number of aryl methyl sites for hydroxylation is 1. The molecule has 0 bridgehead atoms. The highest BCUT2D eigenvalue weighted by molar-refractivity contribution is 5.67. The largest absolute Gasteiger partial charge is 0.496 e. The molecule has 0 fully saturated rings. The maximum atomic E-state index is 10.6. The van der Waals surface area contributed by atoms with Crippen LogP contribution in [0.25, 0.3) is 0 Å². The number of carboxylic acid groups (broad SMARTS) is 1. The van der Waals surface area contributed by atoms with Crippen molar-refractivity contribution < 1.29 is 19.4 Å². The van der Waals surface area contributed by atoms with Gasteiger partial charge in [-0.2, -0.15) is 0 Å². The van der Waals surface area contributed by atoms with Crippen LogP contribution in [0.15, 0.2) is 48.5 Å². The Hall–Kier alpha value is -2.49. The van der Waals surface area contributed by atoms with Gasteiger partial charge in [0.2, 0.25) is 0 Å². The van der Waals surface area contributed by atoms with Crippen molar-refractivity contribution >= 4 is 5.97 Å². The van der Waals surface area contributed by atoms with E-state index in [0.29, 0.717) is 24.5 Å². The third-order valence-corrected chi connectivity index (χ3v) is 3.12. The summed E-state index contributed by atoms with van der Waals surface area (Å²) in [6.07, 6.45) is 0.526. The van der Waals surface area contributed by atoms with E-state index in [-0.39, 0.29) is 6.42 Å². The zero-order valence-corrected chi connectivity index (χ0v) is 11.9. The smallest absolute Gasteiger partial charge is 0.303 e. The number of methoxy groups -OCH3 is 1. The Balaban J connectivity index is 2.02. The van der Waals surface area contributed by atoms with Gasteiger partial charge >= 0.3 is 5.97 Å². The van der Waals surface area contributed by atoms with Gasteiger partial charge in [0.15, 0.2) is 0 Å². The van der Waals surface area contributed by atoms with Gasteiger partial charge in [0, 0.05) is 12.5 Å². The highest BCUT2D eigenvalue weighted by Crippen LogP contribution is 2.26. The summed E-state index contributed by atoms with van der Waals surface area (Å²) in [5.74, 6) is 0.540. The molecule has 110 valence electrons. The quantitative estimate of drug-likeness (QED) is 0.848. The Morgan fingerprint density at radius 1 is 1.14 bits per heavy atom. The molecule has 0 unspecified atom stereocenters. The Morgan fingerprint density at radius 3 is 2.57 bits per heavy atom. The first kappa shape index (κ1) is 14.9. The van der Waals surface area contributed by atoms with Crippen LogP contribution in [0.3, 0.4) is 0 Å². The Morgan fingerprint density at radius 2 is 1.90 bits per heavy atom. The highest BCUT2D eigenvalue weighted by atomic mass is 16.5. The molecule has 0 aliphatic heterocycles. The van der Waals surface area contributed by atoms with E-state index in [9.17, 15) is 4.79 Å². The summed E-state index contributed by atoms with van der Waals surface area (Å²) in [7, 11) is 1.57. The lowest BCUT2D eigenvalue weighted by Gasteiger charge is -2.11. The molecule has 4 nitrogen and oxygen atoms in total. The molecule has 0 heterocycles. The molecule has 0 atom stereocenters. The summed E-state index contributed by atoms with van der Waals surface area (Å²) in [4.78, 5) is 10.6. The van der Waals surface area contributed by atoms with E-state index >= 15 is 0 Å². The van der Waals surface area contributed by atoms with Gasteiger partial charge in [0.1, 0.15) is 18.1 Å². The predicted octanol–water partition coefficient (Wildman–Crippen LogP) is 3.29. The number of carboxylic acids is 1. The number of rotatable bonds is 7. The zero-order chi connectivity index (χ0) is 15.1. The van der Waals surface area contributed by atoms with Gasteiger partial charge in [-0.05, 0) is 23.6 Å². The molecular weight excluding hydrogens is 268 g/mol. The summed E-state index contributed by atoms with van der Waals surface area (Å²) in [6.45, 7) is 0.485. The summed E-state index contributed by atoms with van der Waals surface area (Å²) in [6, 6.07) is 15.4. The number of ether oxygens (including phenoxy) is 2. The minimum absolute atomic E-state index is 0.0839. The van der Waals surface area contributed by atoms with Gasteiger partial charge in [0.05, 0.1) is 7.11 Å². The average molecular weight is 286 g/mol. The van der Waals surface area contributed by atoms with Crippen LogP contribution in [0, 0.1) is 0 Å². The lowest BCUT2D eigenvalue weighted by atomic mass is 10.1.